The molecule has 0 aromatic heterocycles. The van der Waals surface area contributed by atoms with E-state index in [1.807, 2.05) is 39.8 Å². The molecule has 0 fully saturated rings. The standard InChI is InChI=1S/C15H22ClNO2/c1-6-17(7-2)15(18)12(5)19-13-8-10(3)14(16)11(4)9-13/h8-9,12H,6-7H2,1-5H3. The first-order valence-corrected chi connectivity index (χ1v) is 7.00. The van der Waals surface area contributed by atoms with Crippen molar-refractivity contribution in [1.82, 2.24) is 4.90 Å². The highest BCUT2D eigenvalue weighted by Crippen LogP contribution is 2.26. The summed E-state index contributed by atoms with van der Waals surface area (Å²) in [4.78, 5) is 13.9. The summed E-state index contributed by atoms with van der Waals surface area (Å²) in [6.07, 6.45) is -0.486. The molecule has 0 radical (unpaired) electrons. The smallest absolute Gasteiger partial charge is 0.263 e. The van der Waals surface area contributed by atoms with Crippen molar-refractivity contribution in [1.29, 1.82) is 0 Å². The molecule has 3 nitrogen and oxygen atoms in total. The molecule has 0 N–H and O–H groups in total. The molecule has 0 bridgehead atoms. The Morgan fingerprint density at radius 1 is 1.26 bits per heavy atom. The van der Waals surface area contributed by atoms with Crippen molar-refractivity contribution in [3.8, 4) is 5.75 Å². The maximum atomic E-state index is 12.1. The van der Waals surface area contributed by atoms with Crippen LogP contribution in [0.2, 0.25) is 5.02 Å². The van der Waals surface area contributed by atoms with Gasteiger partial charge >= 0.3 is 0 Å². The summed E-state index contributed by atoms with van der Waals surface area (Å²) in [5.41, 5.74) is 1.92. The third-order valence-electron chi connectivity index (χ3n) is 3.15. The minimum absolute atomic E-state index is 0.00950. The molecule has 0 aliphatic heterocycles. The first kappa shape index (κ1) is 15.8. The van der Waals surface area contributed by atoms with E-state index in [9.17, 15) is 4.79 Å². The molecule has 1 rings (SSSR count). The highest BCUT2D eigenvalue weighted by atomic mass is 35.5. The van der Waals surface area contributed by atoms with Gasteiger partial charge in [0.1, 0.15) is 5.75 Å². The molecule has 1 aromatic carbocycles. The molecule has 0 spiro atoms. The fourth-order valence-corrected chi connectivity index (χ4v) is 2.13. The van der Waals surface area contributed by atoms with E-state index in [1.165, 1.54) is 0 Å². The summed E-state index contributed by atoms with van der Waals surface area (Å²) >= 11 is 6.11. The van der Waals surface area contributed by atoms with Crippen LogP contribution in [0.25, 0.3) is 0 Å². The minimum Gasteiger partial charge on any atom is -0.481 e. The number of aryl methyl sites for hydroxylation is 2. The lowest BCUT2D eigenvalue weighted by Gasteiger charge is -2.23. The van der Waals surface area contributed by atoms with Crippen molar-refractivity contribution in [3.63, 3.8) is 0 Å². The number of hydrogen-bond acceptors (Lipinski definition) is 2. The van der Waals surface area contributed by atoms with E-state index in [2.05, 4.69) is 0 Å². The Morgan fingerprint density at radius 3 is 2.16 bits per heavy atom. The van der Waals surface area contributed by atoms with E-state index in [4.69, 9.17) is 16.3 Å². The fourth-order valence-electron chi connectivity index (χ4n) is 2.02. The molecule has 0 saturated carbocycles. The average Bonchev–Trinajstić information content (AvgIpc) is 2.37. The predicted molar refractivity (Wildman–Crippen MR) is 78.9 cm³/mol. The number of nitrogens with zero attached hydrogens (tertiary/aromatic N) is 1. The maximum absolute atomic E-state index is 12.1. The molecular weight excluding hydrogens is 262 g/mol. The van der Waals surface area contributed by atoms with E-state index in [-0.39, 0.29) is 5.91 Å². The SMILES string of the molecule is CCN(CC)C(=O)C(C)Oc1cc(C)c(Cl)c(C)c1. The highest BCUT2D eigenvalue weighted by molar-refractivity contribution is 6.32. The number of hydrogen-bond donors (Lipinski definition) is 0. The largest absolute Gasteiger partial charge is 0.481 e. The van der Waals surface area contributed by atoms with Crippen LogP contribution < -0.4 is 4.74 Å². The third-order valence-corrected chi connectivity index (χ3v) is 3.74. The second-order valence-electron chi connectivity index (χ2n) is 4.64. The molecule has 1 amide bonds. The average molecular weight is 284 g/mol. The Bertz CT molecular complexity index is 432. The Kier molecular flexibility index (Phi) is 5.67. The summed E-state index contributed by atoms with van der Waals surface area (Å²) < 4.78 is 5.73. The lowest BCUT2D eigenvalue weighted by molar-refractivity contribution is -0.137. The Balaban J connectivity index is 2.82. The number of amides is 1. The van der Waals surface area contributed by atoms with Gasteiger partial charge in [0.2, 0.25) is 0 Å². The Labute approximate surface area is 120 Å². The van der Waals surface area contributed by atoms with E-state index in [0.29, 0.717) is 18.8 Å². The normalized spacial score (nSPS) is 12.1. The van der Waals surface area contributed by atoms with E-state index < -0.39 is 6.10 Å². The van der Waals surface area contributed by atoms with Crippen molar-refractivity contribution >= 4 is 17.5 Å². The Morgan fingerprint density at radius 2 is 1.74 bits per heavy atom. The van der Waals surface area contributed by atoms with Crippen LogP contribution in [-0.4, -0.2) is 30.0 Å². The third kappa shape index (κ3) is 3.87. The predicted octanol–water partition coefficient (Wildman–Crippen LogP) is 3.59. The quantitative estimate of drug-likeness (QED) is 0.826. The van der Waals surface area contributed by atoms with Gasteiger partial charge in [-0.3, -0.25) is 4.79 Å². The van der Waals surface area contributed by atoms with Crippen LogP contribution in [0.15, 0.2) is 12.1 Å². The van der Waals surface area contributed by atoms with Crippen LogP contribution in [0.1, 0.15) is 31.9 Å². The fraction of sp³-hybridized carbons (Fsp3) is 0.533. The molecule has 1 unspecified atom stereocenters. The lowest BCUT2D eigenvalue weighted by atomic mass is 10.1. The van der Waals surface area contributed by atoms with Crippen LogP contribution in [0.4, 0.5) is 0 Å². The number of carbonyl (C=O) groups excluding carboxylic acids is 1. The van der Waals surface area contributed by atoms with Gasteiger partial charge in [0.25, 0.3) is 5.91 Å². The molecule has 1 atom stereocenters. The molecule has 0 aliphatic carbocycles. The number of carbonyl (C=O) groups is 1. The first-order valence-electron chi connectivity index (χ1n) is 6.62. The van der Waals surface area contributed by atoms with Crippen LogP contribution in [0.5, 0.6) is 5.75 Å². The zero-order valence-electron chi connectivity index (χ0n) is 12.3. The van der Waals surface area contributed by atoms with Gasteiger partial charge in [0.15, 0.2) is 6.10 Å². The summed E-state index contributed by atoms with van der Waals surface area (Å²) in [5, 5.41) is 0.745. The molecule has 4 heteroatoms. The van der Waals surface area contributed by atoms with Gasteiger partial charge in [-0.1, -0.05) is 11.6 Å². The molecule has 19 heavy (non-hydrogen) atoms. The summed E-state index contributed by atoms with van der Waals surface area (Å²) in [5.74, 6) is 0.697. The summed E-state index contributed by atoms with van der Waals surface area (Å²) in [6.45, 7) is 11.0. The molecule has 1 aromatic rings. The summed E-state index contributed by atoms with van der Waals surface area (Å²) in [6, 6.07) is 3.72. The first-order chi connectivity index (χ1) is 8.90. The van der Waals surface area contributed by atoms with Crippen LogP contribution in [-0.2, 0) is 4.79 Å². The summed E-state index contributed by atoms with van der Waals surface area (Å²) in [7, 11) is 0. The molecule has 106 valence electrons. The second kappa shape index (κ2) is 6.80. The van der Waals surface area contributed by atoms with Crippen molar-refractivity contribution in [3.05, 3.63) is 28.3 Å². The van der Waals surface area contributed by atoms with Crippen LogP contribution >= 0.6 is 11.6 Å². The van der Waals surface area contributed by atoms with E-state index in [0.717, 1.165) is 16.1 Å². The monoisotopic (exact) mass is 283 g/mol. The van der Waals surface area contributed by atoms with Gasteiger partial charge < -0.3 is 9.64 Å². The number of rotatable bonds is 5. The number of halogens is 1. The van der Waals surface area contributed by atoms with E-state index >= 15 is 0 Å². The van der Waals surface area contributed by atoms with Crippen molar-refractivity contribution in [2.45, 2.75) is 40.7 Å². The topological polar surface area (TPSA) is 29.5 Å². The molecule has 0 aliphatic rings. The molecule has 0 heterocycles. The number of benzene rings is 1. The van der Waals surface area contributed by atoms with Crippen molar-refractivity contribution in [2.75, 3.05) is 13.1 Å². The van der Waals surface area contributed by atoms with Gasteiger partial charge in [-0.15, -0.1) is 0 Å². The minimum atomic E-state index is -0.486. The number of ether oxygens (including phenoxy) is 1. The van der Waals surface area contributed by atoms with Crippen molar-refractivity contribution < 1.29 is 9.53 Å². The Hall–Kier alpha value is -1.22. The second-order valence-corrected chi connectivity index (χ2v) is 5.02. The highest BCUT2D eigenvalue weighted by Gasteiger charge is 2.20. The molecular formula is C15H22ClNO2. The van der Waals surface area contributed by atoms with Gasteiger partial charge in [-0.2, -0.15) is 0 Å². The maximum Gasteiger partial charge on any atom is 0.263 e. The van der Waals surface area contributed by atoms with Gasteiger partial charge in [0.05, 0.1) is 0 Å². The van der Waals surface area contributed by atoms with Crippen molar-refractivity contribution in [2.24, 2.45) is 0 Å². The van der Waals surface area contributed by atoms with Gasteiger partial charge in [0, 0.05) is 18.1 Å². The number of likely N-dealkylation sites (N-methyl/N-ethyl adjacent to an activating group) is 1. The van der Waals surface area contributed by atoms with Gasteiger partial charge in [-0.25, -0.2) is 0 Å². The molecule has 0 saturated heterocycles. The zero-order valence-corrected chi connectivity index (χ0v) is 13.0. The van der Waals surface area contributed by atoms with Gasteiger partial charge in [-0.05, 0) is 57.9 Å². The lowest BCUT2D eigenvalue weighted by Crippen LogP contribution is -2.40. The van der Waals surface area contributed by atoms with Crippen LogP contribution in [0, 0.1) is 13.8 Å². The van der Waals surface area contributed by atoms with Crippen LogP contribution in [0.3, 0.4) is 0 Å². The van der Waals surface area contributed by atoms with E-state index in [1.54, 1.807) is 11.8 Å². The zero-order chi connectivity index (χ0) is 14.6.